The van der Waals surface area contributed by atoms with Gasteiger partial charge in [0.25, 0.3) is 0 Å². The van der Waals surface area contributed by atoms with Crippen LogP contribution in [0.25, 0.3) is 0 Å². The van der Waals surface area contributed by atoms with E-state index in [-0.39, 0.29) is 11.7 Å². The summed E-state index contributed by atoms with van der Waals surface area (Å²) in [7, 11) is 1.59. The predicted octanol–water partition coefficient (Wildman–Crippen LogP) is 2.06. The van der Waals surface area contributed by atoms with Crippen LogP contribution in [0.1, 0.15) is 30.1 Å². The van der Waals surface area contributed by atoms with E-state index in [0.29, 0.717) is 31.5 Å². The fourth-order valence-electron chi connectivity index (χ4n) is 2.70. The van der Waals surface area contributed by atoms with Gasteiger partial charge in [0.05, 0.1) is 7.11 Å². The second kappa shape index (κ2) is 6.72. The molecule has 1 unspecified atom stereocenters. The summed E-state index contributed by atoms with van der Waals surface area (Å²) in [5, 5.41) is 9.02. The normalized spacial score (nSPS) is 18.2. The van der Waals surface area contributed by atoms with Gasteiger partial charge in [0.15, 0.2) is 5.78 Å². The van der Waals surface area contributed by atoms with Crippen LogP contribution in [0.3, 0.4) is 0 Å². The molecule has 114 valence electrons. The van der Waals surface area contributed by atoms with Gasteiger partial charge in [0, 0.05) is 11.5 Å². The lowest BCUT2D eigenvalue weighted by Crippen LogP contribution is -2.45. The first-order valence-electron chi connectivity index (χ1n) is 7.18. The number of carboxylic acids is 1. The number of methoxy groups -OCH3 is 1. The molecule has 1 saturated heterocycles. The van der Waals surface area contributed by atoms with Crippen molar-refractivity contribution in [3.8, 4) is 5.75 Å². The standard InChI is InChI=1S/C16H21NO4/c1-11(16(19)20)17-9-7-13(8-10-17)15(18)12-3-5-14(21-2)6-4-12/h3-6,11,13H,7-10H2,1-2H3,(H,19,20). The lowest BCUT2D eigenvalue weighted by Gasteiger charge is -2.33. The third-order valence-electron chi connectivity index (χ3n) is 4.18. The minimum Gasteiger partial charge on any atom is -0.497 e. The van der Waals surface area contributed by atoms with Crippen LogP contribution in [-0.4, -0.2) is 48.0 Å². The highest BCUT2D eigenvalue weighted by Gasteiger charge is 2.29. The number of hydrogen-bond acceptors (Lipinski definition) is 4. The summed E-state index contributed by atoms with van der Waals surface area (Å²) < 4.78 is 5.08. The van der Waals surface area contributed by atoms with Gasteiger partial charge in [-0.25, -0.2) is 0 Å². The van der Waals surface area contributed by atoms with Crippen molar-refractivity contribution in [3.63, 3.8) is 0 Å². The quantitative estimate of drug-likeness (QED) is 0.841. The smallest absolute Gasteiger partial charge is 0.320 e. The van der Waals surface area contributed by atoms with Gasteiger partial charge in [-0.3, -0.25) is 14.5 Å². The summed E-state index contributed by atoms with van der Waals surface area (Å²) in [6.45, 7) is 2.99. The number of benzene rings is 1. The van der Waals surface area contributed by atoms with Gasteiger partial charge in [0.2, 0.25) is 0 Å². The zero-order chi connectivity index (χ0) is 15.4. The van der Waals surface area contributed by atoms with E-state index in [1.54, 1.807) is 38.3 Å². The Hall–Kier alpha value is -1.88. The van der Waals surface area contributed by atoms with Crippen molar-refractivity contribution in [1.29, 1.82) is 0 Å². The molecule has 0 spiro atoms. The van der Waals surface area contributed by atoms with Crippen molar-refractivity contribution in [2.45, 2.75) is 25.8 Å². The minimum atomic E-state index is -0.810. The van der Waals surface area contributed by atoms with Gasteiger partial charge in [-0.05, 0) is 57.1 Å². The van der Waals surface area contributed by atoms with E-state index in [4.69, 9.17) is 9.84 Å². The molecular formula is C16H21NO4. The Kier molecular flexibility index (Phi) is 4.96. The van der Waals surface area contributed by atoms with Crippen molar-refractivity contribution in [3.05, 3.63) is 29.8 Å². The molecule has 1 aliphatic rings. The number of Topliss-reactive ketones (excluding diaryl/α,β-unsaturated/α-hetero) is 1. The van der Waals surface area contributed by atoms with Gasteiger partial charge in [-0.2, -0.15) is 0 Å². The molecule has 0 saturated carbocycles. The van der Waals surface area contributed by atoms with Crippen LogP contribution in [0.5, 0.6) is 5.75 Å². The summed E-state index contributed by atoms with van der Waals surface area (Å²) in [4.78, 5) is 25.3. The molecule has 0 bridgehead atoms. The van der Waals surface area contributed by atoms with Crippen LogP contribution in [0, 0.1) is 5.92 Å². The number of piperidine rings is 1. The molecule has 0 amide bonds. The second-order valence-corrected chi connectivity index (χ2v) is 5.42. The molecule has 1 aliphatic heterocycles. The van der Waals surface area contributed by atoms with Crippen LogP contribution in [-0.2, 0) is 4.79 Å². The highest BCUT2D eigenvalue weighted by molar-refractivity contribution is 5.98. The Morgan fingerprint density at radius 1 is 1.24 bits per heavy atom. The fourth-order valence-corrected chi connectivity index (χ4v) is 2.70. The molecule has 1 heterocycles. The molecule has 21 heavy (non-hydrogen) atoms. The Morgan fingerprint density at radius 3 is 2.29 bits per heavy atom. The number of carboxylic acid groups (broad SMARTS) is 1. The topological polar surface area (TPSA) is 66.8 Å². The summed E-state index contributed by atoms with van der Waals surface area (Å²) in [6, 6.07) is 6.66. The molecule has 2 rings (SSSR count). The van der Waals surface area contributed by atoms with Gasteiger partial charge in [-0.15, -0.1) is 0 Å². The van der Waals surface area contributed by atoms with Crippen molar-refractivity contribution >= 4 is 11.8 Å². The van der Waals surface area contributed by atoms with Gasteiger partial charge < -0.3 is 9.84 Å². The molecular weight excluding hydrogens is 270 g/mol. The van der Waals surface area contributed by atoms with Crippen LogP contribution in [0.4, 0.5) is 0 Å². The fraction of sp³-hybridized carbons (Fsp3) is 0.500. The van der Waals surface area contributed by atoms with Gasteiger partial charge in [0.1, 0.15) is 11.8 Å². The molecule has 1 aromatic carbocycles. The summed E-state index contributed by atoms with van der Waals surface area (Å²) >= 11 is 0. The number of likely N-dealkylation sites (tertiary alicyclic amines) is 1. The number of ketones is 1. The third-order valence-corrected chi connectivity index (χ3v) is 4.18. The number of hydrogen-bond donors (Lipinski definition) is 1. The molecule has 1 fully saturated rings. The number of nitrogens with zero attached hydrogens (tertiary/aromatic N) is 1. The lowest BCUT2D eigenvalue weighted by atomic mass is 9.88. The Bertz CT molecular complexity index is 504. The summed E-state index contributed by atoms with van der Waals surface area (Å²) in [5.74, 6) is 0.0440. The molecule has 0 aromatic heterocycles. The maximum Gasteiger partial charge on any atom is 0.320 e. The van der Waals surface area contributed by atoms with E-state index in [2.05, 4.69) is 0 Å². The number of carbonyl (C=O) groups is 2. The van der Waals surface area contributed by atoms with Gasteiger partial charge in [-0.1, -0.05) is 0 Å². The second-order valence-electron chi connectivity index (χ2n) is 5.42. The SMILES string of the molecule is COc1ccc(C(=O)C2CCN(C(C)C(=O)O)CC2)cc1. The molecule has 1 N–H and O–H groups in total. The third kappa shape index (κ3) is 3.61. The van der Waals surface area contributed by atoms with Crippen molar-refractivity contribution in [2.24, 2.45) is 5.92 Å². The minimum absolute atomic E-state index is 0.0179. The Morgan fingerprint density at radius 2 is 1.81 bits per heavy atom. The van der Waals surface area contributed by atoms with Crippen molar-refractivity contribution in [1.82, 2.24) is 4.90 Å². The van der Waals surface area contributed by atoms with Crippen LogP contribution < -0.4 is 4.74 Å². The Labute approximate surface area is 124 Å². The lowest BCUT2D eigenvalue weighted by molar-refractivity contribution is -0.143. The highest BCUT2D eigenvalue weighted by atomic mass is 16.5. The van der Waals surface area contributed by atoms with E-state index in [1.165, 1.54) is 0 Å². The number of aliphatic carboxylic acids is 1. The van der Waals surface area contributed by atoms with Crippen LogP contribution >= 0.6 is 0 Å². The monoisotopic (exact) mass is 291 g/mol. The average Bonchev–Trinajstić information content (AvgIpc) is 2.53. The first kappa shape index (κ1) is 15.5. The number of carbonyl (C=O) groups excluding carboxylic acids is 1. The molecule has 1 aromatic rings. The molecule has 1 atom stereocenters. The zero-order valence-corrected chi connectivity index (χ0v) is 12.4. The highest BCUT2D eigenvalue weighted by Crippen LogP contribution is 2.24. The molecule has 0 radical (unpaired) electrons. The zero-order valence-electron chi connectivity index (χ0n) is 12.4. The average molecular weight is 291 g/mol. The first-order valence-corrected chi connectivity index (χ1v) is 7.18. The summed E-state index contributed by atoms with van der Waals surface area (Å²) in [5.41, 5.74) is 0.695. The Balaban J connectivity index is 1.95. The summed E-state index contributed by atoms with van der Waals surface area (Å²) in [6.07, 6.45) is 1.42. The molecule has 0 aliphatic carbocycles. The van der Waals surface area contributed by atoms with E-state index in [1.807, 2.05) is 4.90 Å². The van der Waals surface area contributed by atoms with Crippen molar-refractivity contribution < 1.29 is 19.4 Å². The largest absolute Gasteiger partial charge is 0.497 e. The molecule has 5 nitrogen and oxygen atoms in total. The maximum absolute atomic E-state index is 12.4. The molecule has 5 heteroatoms. The number of rotatable bonds is 5. The van der Waals surface area contributed by atoms with Crippen LogP contribution in [0.15, 0.2) is 24.3 Å². The number of ether oxygens (including phenoxy) is 1. The van der Waals surface area contributed by atoms with E-state index < -0.39 is 12.0 Å². The van der Waals surface area contributed by atoms with E-state index >= 15 is 0 Å². The van der Waals surface area contributed by atoms with Crippen LogP contribution in [0.2, 0.25) is 0 Å². The van der Waals surface area contributed by atoms with Gasteiger partial charge >= 0.3 is 5.97 Å². The van der Waals surface area contributed by atoms with Crippen molar-refractivity contribution in [2.75, 3.05) is 20.2 Å². The predicted molar refractivity (Wildman–Crippen MR) is 78.7 cm³/mol. The maximum atomic E-state index is 12.4. The van der Waals surface area contributed by atoms with E-state index in [9.17, 15) is 9.59 Å². The van der Waals surface area contributed by atoms with E-state index in [0.717, 1.165) is 5.75 Å². The first-order chi connectivity index (χ1) is 10.0.